The Labute approximate surface area is 157 Å². The molecule has 2 aromatic rings. The van der Waals surface area contributed by atoms with Crippen LogP contribution in [-0.2, 0) is 24.1 Å². The second-order valence-electron chi connectivity index (χ2n) is 6.19. The number of halogens is 2. The summed E-state index contributed by atoms with van der Waals surface area (Å²) >= 11 is 11.9. The summed E-state index contributed by atoms with van der Waals surface area (Å²) in [5.74, 6) is 1.02. The summed E-state index contributed by atoms with van der Waals surface area (Å²) in [6, 6.07) is 9.64. The molecule has 2 N–H and O–H groups in total. The molecule has 0 saturated carbocycles. The molecule has 25 heavy (non-hydrogen) atoms. The van der Waals surface area contributed by atoms with Gasteiger partial charge in [0.05, 0.1) is 10.0 Å². The zero-order valence-corrected chi connectivity index (χ0v) is 15.5. The summed E-state index contributed by atoms with van der Waals surface area (Å²) < 4.78 is 0. The van der Waals surface area contributed by atoms with Crippen LogP contribution in [0.5, 0.6) is 0 Å². The monoisotopic (exact) mass is 377 g/mol. The van der Waals surface area contributed by atoms with Crippen LogP contribution in [0.25, 0.3) is 0 Å². The maximum Gasteiger partial charge on any atom is 0.220 e. The van der Waals surface area contributed by atoms with Gasteiger partial charge in [-0.1, -0.05) is 35.3 Å². The van der Waals surface area contributed by atoms with Crippen molar-refractivity contribution >= 4 is 34.9 Å². The van der Waals surface area contributed by atoms with Gasteiger partial charge in [0.25, 0.3) is 0 Å². The minimum Gasteiger partial charge on any atom is -0.370 e. The Bertz CT molecular complexity index is 764. The van der Waals surface area contributed by atoms with Crippen molar-refractivity contribution in [2.75, 3.05) is 18.4 Å². The van der Waals surface area contributed by atoms with Crippen molar-refractivity contribution in [3.05, 3.63) is 57.2 Å². The van der Waals surface area contributed by atoms with Crippen LogP contribution in [0.3, 0.4) is 0 Å². The lowest BCUT2D eigenvalue weighted by atomic mass is 10.1. The molecule has 0 atom stereocenters. The van der Waals surface area contributed by atoms with Crippen LogP contribution in [0, 0.1) is 0 Å². The molecule has 1 aliphatic heterocycles. The maximum atomic E-state index is 12.0. The Kier molecular flexibility index (Phi) is 6.16. The van der Waals surface area contributed by atoms with Crippen molar-refractivity contribution in [1.82, 2.24) is 10.3 Å². The Balaban J connectivity index is 1.42. The minimum atomic E-state index is 0.0298. The van der Waals surface area contributed by atoms with E-state index in [1.165, 1.54) is 5.56 Å². The highest BCUT2D eigenvalue weighted by atomic mass is 35.5. The van der Waals surface area contributed by atoms with Gasteiger partial charge in [0.1, 0.15) is 5.82 Å². The number of carbonyl (C=O) groups is 1. The van der Waals surface area contributed by atoms with Crippen molar-refractivity contribution in [1.29, 1.82) is 0 Å². The minimum absolute atomic E-state index is 0.0298. The summed E-state index contributed by atoms with van der Waals surface area (Å²) in [5, 5.41) is 7.33. The SMILES string of the molecule is O=C(CCc1ccc(Cl)c(Cl)c1)NCCc1ccc2c(n1)NCCC2. The first-order valence-corrected chi connectivity index (χ1v) is 9.31. The summed E-state index contributed by atoms with van der Waals surface area (Å²) in [6.45, 7) is 1.57. The van der Waals surface area contributed by atoms with E-state index in [9.17, 15) is 4.79 Å². The molecule has 0 aliphatic carbocycles. The van der Waals surface area contributed by atoms with Crippen molar-refractivity contribution in [2.24, 2.45) is 0 Å². The molecule has 1 aliphatic rings. The molecule has 6 heteroatoms. The van der Waals surface area contributed by atoms with Crippen LogP contribution < -0.4 is 10.6 Å². The van der Waals surface area contributed by atoms with Crippen LogP contribution in [0.2, 0.25) is 10.0 Å². The number of aromatic nitrogens is 1. The normalized spacial score (nSPS) is 13.0. The zero-order chi connectivity index (χ0) is 17.6. The first-order chi connectivity index (χ1) is 12.1. The number of rotatable bonds is 6. The highest BCUT2D eigenvalue weighted by molar-refractivity contribution is 6.42. The van der Waals surface area contributed by atoms with E-state index in [1.807, 2.05) is 12.1 Å². The molecule has 4 nitrogen and oxygen atoms in total. The van der Waals surface area contributed by atoms with E-state index in [0.29, 0.717) is 29.4 Å². The quantitative estimate of drug-likeness (QED) is 0.798. The molecule has 0 radical (unpaired) electrons. The second-order valence-corrected chi connectivity index (χ2v) is 7.00. The molecular formula is C19H21Cl2N3O. The van der Waals surface area contributed by atoms with Crippen LogP contribution in [-0.4, -0.2) is 24.0 Å². The van der Waals surface area contributed by atoms with Gasteiger partial charge in [-0.25, -0.2) is 4.98 Å². The van der Waals surface area contributed by atoms with Gasteiger partial charge in [0, 0.05) is 31.6 Å². The van der Waals surface area contributed by atoms with E-state index in [1.54, 1.807) is 12.1 Å². The van der Waals surface area contributed by atoms with Crippen LogP contribution in [0.4, 0.5) is 5.82 Å². The number of anilines is 1. The molecule has 1 aromatic carbocycles. The topological polar surface area (TPSA) is 54.0 Å². The van der Waals surface area contributed by atoms with E-state index in [2.05, 4.69) is 21.7 Å². The first-order valence-electron chi connectivity index (χ1n) is 8.55. The van der Waals surface area contributed by atoms with Crippen molar-refractivity contribution in [3.63, 3.8) is 0 Å². The molecule has 2 heterocycles. The third-order valence-corrected chi connectivity index (χ3v) is 5.02. The lowest BCUT2D eigenvalue weighted by Crippen LogP contribution is -2.26. The van der Waals surface area contributed by atoms with Crippen molar-refractivity contribution in [2.45, 2.75) is 32.1 Å². The standard InChI is InChI=1S/C19H21Cl2N3O/c20-16-7-3-13(12-17(16)21)4-8-18(25)22-11-9-15-6-5-14-2-1-10-23-19(14)24-15/h3,5-7,12H,1-2,4,8-11H2,(H,22,25)(H,23,24). The van der Waals surface area contributed by atoms with E-state index in [4.69, 9.17) is 23.2 Å². The number of fused-ring (bicyclic) bond motifs is 1. The van der Waals surface area contributed by atoms with Gasteiger partial charge in [-0.05, 0) is 48.6 Å². The van der Waals surface area contributed by atoms with Gasteiger partial charge in [-0.2, -0.15) is 0 Å². The summed E-state index contributed by atoms with van der Waals surface area (Å²) in [7, 11) is 0. The average Bonchev–Trinajstić information content (AvgIpc) is 2.62. The molecule has 1 amide bonds. The van der Waals surface area contributed by atoms with Crippen LogP contribution in [0.1, 0.15) is 29.7 Å². The molecule has 0 bridgehead atoms. The largest absolute Gasteiger partial charge is 0.370 e. The van der Waals surface area contributed by atoms with E-state index >= 15 is 0 Å². The van der Waals surface area contributed by atoms with E-state index in [-0.39, 0.29) is 5.91 Å². The lowest BCUT2D eigenvalue weighted by Gasteiger charge is -2.17. The average molecular weight is 378 g/mol. The third-order valence-electron chi connectivity index (χ3n) is 4.28. The number of nitrogens with zero attached hydrogens (tertiary/aromatic N) is 1. The fraction of sp³-hybridized carbons (Fsp3) is 0.368. The number of hydrogen-bond acceptors (Lipinski definition) is 3. The molecule has 0 fully saturated rings. The van der Waals surface area contributed by atoms with E-state index in [0.717, 1.165) is 42.9 Å². The summed E-state index contributed by atoms with van der Waals surface area (Å²) in [5.41, 5.74) is 3.28. The first kappa shape index (κ1) is 18.0. The van der Waals surface area contributed by atoms with Crippen molar-refractivity contribution in [3.8, 4) is 0 Å². The Morgan fingerprint density at radius 1 is 1.16 bits per heavy atom. The summed E-state index contributed by atoms with van der Waals surface area (Å²) in [4.78, 5) is 16.6. The van der Waals surface area contributed by atoms with Gasteiger partial charge in [-0.3, -0.25) is 4.79 Å². The number of pyridine rings is 1. The Morgan fingerprint density at radius 2 is 2.04 bits per heavy atom. The second kappa shape index (κ2) is 8.54. The number of aryl methyl sites for hydroxylation is 2. The summed E-state index contributed by atoms with van der Waals surface area (Å²) in [6.07, 6.45) is 4.04. The maximum absolute atomic E-state index is 12.0. The van der Waals surface area contributed by atoms with Crippen molar-refractivity contribution < 1.29 is 4.79 Å². The number of amides is 1. The predicted octanol–water partition coefficient (Wildman–Crippen LogP) is 4.04. The smallest absolute Gasteiger partial charge is 0.220 e. The molecule has 3 rings (SSSR count). The zero-order valence-electron chi connectivity index (χ0n) is 13.9. The molecule has 0 unspecified atom stereocenters. The van der Waals surface area contributed by atoms with Gasteiger partial charge in [0.15, 0.2) is 0 Å². The van der Waals surface area contributed by atoms with Gasteiger partial charge >= 0.3 is 0 Å². The fourth-order valence-corrected chi connectivity index (χ4v) is 3.20. The number of carbonyl (C=O) groups excluding carboxylic acids is 1. The van der Waals surface area contributed by atoms with Crippen LogP contribution >= 0.6 is 23.2 Å². The molecule has 0 saturated heterocycles. The lowest BCUT2D eigenvalue weighted by molar-refractivity contribution is -0.121. The van der Waals surface area contributed by atoms with Crippen LogP contribution in [0.15, 0.2) is 30.3 Å². The predicted molar refractivity (Wildman–Crippen MR) is 103 cm³/mol. The van der Waals surface area contributed by atoms with Gasteiger partial charge < -0.3 is 10.6 Å². The van der Waals surface area contributed by atoms with E-state index < -0.39 is 0 Å². The highest BCUT2D eigenvalue weighted by Gasteiger charge is 2.10. The molecule has 132 valence electrons. The fourth-order valence-electron chi connectivity index (χ4n) is 2.88. The number of hydrogen-bond donors (Lipinski definition) is 2. The molecule has 1 aromatic heterocycles. The molecule has 0 spiro atoms. The Morgan fingerprint density at radius 3 is 2.88 bits per heavy atom. The number of benzene rings is 1. The number of nitrogens with one attached hydrogen (secondary N) is 2. The Hall–Kier alpha value is -1.78. The van der Waals surface area contributed by atoms with Gasteiger partial charge in [0.2, 0.25) is 5.91 Å². The van der Waals surface area contributed by atoms with Gasteiger partial charge in [-0.15, -0.1) is 0 Å². The third kappa shape index (κ3) is 5.10. The molecular weight excluding hydrogens is 357 g/mol. The highest BCUT2D eigenvalue weighted by Crippen LogP contribution is 2.23.